The van der Waals surface area contributed by atoms with Crippen molar-refractivity contribution in [3.8, 4) is 0 Å². The second-order valence-electron chi connectivity index (χ2n) is 4.58. The lowest BCUT2D eigenvalue weighted by Crippen LogP contribution is -2.43. The normalized spacial score (nSPS) is 14.8. The average molecular weight is 289 g/mol. The molecule has 1 amide bonds. The zero-order valence-electron chi connectivity index (χ0n) is 11.0. The lowest BCUT2D eigenvalue weighted by atomic mass is 10.2. The van der Waals surface area contributed by atoms with Crippen LogP contribution < -0.4 is 10.6 Å². The molecule has 0 radical (unpaired) electrons. The third-order valence-corrected chi connectivity index (χ3v) is 3.97. The van der Waals surface area contributed by atoms with Crippen LogP contribution in [0.25, 0.3) is 0 Å². The van der Waals surface area contributed by atoms with E-state index in [1.807, 2.05) is 30.5 Å². The molecule has 6 nitrogen and oxygen atoms in total. The molecule has 2 N–H and O–H groups in total. The van der Waals surface area contributed by atoms with Crippen molar-refractivity contribution >= 4 is 23.4 Å². The van der Waals surface area contributed by atoms with Crippen molar-refractivity contribution in [2.24, 2.45) is 0 Å². The van der Waals surface area contributed by atoms with Gasteiger partial charge in [0.15, 0.2) is 5.69 Å². The number of benzene rings is 1. The molecule has 2 aromatic rings. The number of hydrogen-bond acceptors (Lipinski definition) is 5. The van der Waals surface area contributed by atoms with Gasteiger partial charge in [-0.25, -0.2) is 4.68 Å². The molecule has 0 bridgehead atoms. The molecule has 0 saturated carbocycles. The van der Waals surface area contributed by atoms with Crippen LogP contribution in [0, 0.1) is 0 Å². The zero-order valence-corrected chi connectivity index (χ0v) is 11.9. The summed E-state index contributed by atoms with van der Waals surface area (Å²) in [6, 6.07) is 8.01. The average Bonchev–Trinajstić information content (AvgIpc) is 2.87. The Hall–Kier alpha value is -1.86. The number of aromatic nitrogens is 3. The maximum atomic E-state index is 12.1. The standard InChI is InChI=1S/C13H15N5OS/c1-20-11-4-2-9(3-5-11)15-13(19)12-8-18(17-16-12)10-6-14-7-10/h2-5,8,10,14H,6-7H2,1H3,(H,15,19). The summed E-state index contributed by atoms with van der Waals surface area (Å²) in [5.41, 5.74) is 1.10. The summed E-state index contributed by atoms with van der Waals surface area (Å²) in [5, 5.41) is 13.9. The van der Waals surface area contributed by atoms with Gasteiger partial charge in [0, 0.05) is 23.7 Å². The van der Waals surface area contributed by atoms with E-state index < -0.39 is 0 Å². The fraction of sp³-hybridized carbons (Fsp3) is 0.308. The maximum absolute atomic E-state index is 12.1. The Labute approximate surface area is 120 Å². The SMILES string of the molecule is CSc1ccc(NC(=O)c2cn(C3CNC3)nn2)cc1. The number of amides is 1. The molecule has 1 aromatic heterocycles. The Balaban J connectivity index is 1.67. The first-order chi connectivity index (χ1) is 9.76. The van der Waals surface area contributed by atoms with Crippen LogP contribution in [0.5, 0.6) is 0 Å². The Morgan fingerprint density at radius 3 is 2.75 bits per heavy atom. The quantitative estimate of drug-likeness (QED) is 0.832. The highest BCUT2D eigenvalue weighted by molar-refractivity contribution is 7.98. The summed E-state index contributed by atoms with van der Waals surface area (Å²) < 4.78 is 1.74. The van der Waals surface area contributed by atoms with Crippen LogP contribution in [-0.4, -0.2) is 40.2 Å². The summed E-state index contributed by atoms with van der Waals surface area (Å²) in [7, 11) is 0. The Bertz CT molecular complexity index is 605. The Morgan fingerprint density at radius 2 is 2.15 bits per heavy atom. The van der Waals surface area contributed by atoms with Crippen LogP contribution in [0.15, 0.2) is 35.4 Å². The summed E-state index contributed by atoms with van der Waals surface area (Å²) in [6.45, 7) is 1.75. The fourth-order valence-electron chi connectivity index (χ4n) is 1.89. The molecule has 1 saturated heterocycles. The molecule has 0 unspecified atom stereocenters. The maximum Gasteiger partial charge on any atom is 0.277 e. The van der Waals surface area contributed by atoms with E-state index in [1.54, 1.807) is 22.6 Å². The van der Waals surface area contributed by atoms with Crippen LogP contribution in [0.3, 0.4) is 0 Å². The highest BCUT2D eigenvalue weighted by Crippen LogP contribution is 2.18. The monoisotopic (exact) mass is 289 g/mol. The van der Waals surface area contributed by atoms with Crippen molar-refractivity contribution in [1.82, 2.24) is 20.3 Å². The van der Waals surface area contributed by atoms with E-state index in [0.29, 0.717) is 11.7 Å². The minimum absolute atomic E-state index is 0.236. The second-order valence-corrected chi connectivity index (χ2v) is 5.46. The van der Waals surface area contributed by atoms with E-state index in [1.165, 1.54) is 0 Å². The van der Waals surface area contributed by atoms with Gasteiger partial charge < -0.3 is 10.6 Å². The van der Waals surface area contributed by atoms with E-state index in [2.05, 4.69) is 20.9 Å². The van der Waals surface area contributed by atoms with E-state index in [4.69, 9.17) is 0 Å². The molecule has 1 aliphatic heterocycles. The second kappa shape index (κ2) is 5.64. The van der Waals surface area contributed by atoms with E-state index in [0.717, 1.165) is 23.7 Å². The first-order valence-electron chi connectivity index (χ1n) is 6.34. The predicted molar refractivity (Wildman–Crippen MR) is 78.1 cm³/mol. The number of thioether (sulfide) groups is 1. The molecule has 20 heavy (non-hydrogen) atoms. The molecular formula is C13H15N5OS. The van der Waals surface area contributed by atoms with Gasteiger partial charge in [-0.1, -0.05) is 5.21 Å². The number of nitrogens with one attached hydrogen (secondary N) is 2. The number of carbonyl (C=O) groups is 1. The largest absolute Gasteiger partial charge is 0.321 e. The highest BCUT2D eigenvalue weighted by Gasteiger charge is 2.21. The topological polar surface area (TPSA) is 71.8 Å². The summed E-state index contributed by atoms with van der Waals surface area (Å²) in [5.74, 6) is -0.236. The van der Waals surface area contributed by atoms with Crippen molar-refractivity contribution in [3.05, 3.63) is 36.2 Å². The Kier molecular flexibility index (Phi) is 3.70. The number of anilines is 1. The summed E-state index contributed by atoms with van der Waals surface area (Å²) >= 11 is 1.66. The minimum Gasteiger partial charge on any atom is -0.321 e. The third-order valence-electron chi connectivity index (χ3n) is 3.22. The predicted octanol–water partition coefficient (Wildman–Crippen LogP) is 1.40. The fourth-order valence-corrected chi connectivity index (χ4v) is 2.30. The van der Waals surface area contributed by atoms with Gasteiger partial charge >= 0.3 is 0 Å². The van der Waals surface area contributed by atoms with Crippen LogP contribution >= 0.6 is 11.8 Å². The van der Waals surface area contributed by atoms with Crippen molar-refractivity contribution in [2.75, 3.05) is 24.7 Å². The molecule has 2 heterocycles. The molecule has 1 aliphatic rings. The molecule has 3 rings (SSSR count). The first-order valence-corrected chi connectivity index (χ1v) is 7.56. The lowest BCUT2D eigenvalue weighted by molar-refractivity contribution is 0.102. The van der Waals surface area contributed by atoms with E-state index in [-0.39, 0.29) is 5.91 Å². The van der Waals surface area contributed by atoms with Crippen molar-refractivity contribution < 1.29 is 4.79 Å². The molecule has 1 aromatic carbocycles. The van der Waals surface area contributed by atoms with Crippen molar-refractivity contribution in [3.63, 3.8) is 0 Å². The van der Waals surface area contributed by atoms with Crippen LogP contribution in [0.1, 0.15) is 16.5 Å². The zero-order chi connectivity index (χ0) is 13.9. The number of rotatable bonds is 4. The van der Waals surface area contributed by atoms with Crippen molar-refractivity contribution in [1.29, 1.82) is 0 Å². The molecule has 7 heteroatoms. The molecule has 0 atom stereocenters. The highest BCUT2D eigenvalue weighted by atomic mass is 32.2. The van der Waals surface area contributed by atoms with E-state index in [9.17, 15) is 4.79 Å². The molecule has 1 fully saturated rings. The van der Waals surface area contributed by atoms with Gasteiger partial charge in [-0.2, -0.15) is 0 Å². The third kappa shape index (κ3) is 2.68. The molecule has 0 aliphatic carbocycles. The van der Waals surface area contributed by atoms with Gasteiger partial charge in [-0.05, 0) is 30.5 Å². The van der Waals surface area contributed by atoms with Gasteiger partial charge in [-0.15, -0.1) is 16.9 Å². The van der Waals surface area contributed by atoms with Gasteiger partial charge in [0.25, 0.3) is 5.91 Å². The Morgan fingerprint density at radius 1 is 1.40 bits per heavy atom. The lowest BCUT2D eigenvalue weighted by Gasteiger charge is -2.26. The number of nitrogens with zero attached hydrogens (tertiary/aromatic N) is 3. The van der Waals surface area contributed by atoms with Gasteiger partial charge in [-0.3, -0.25) is 4.79 Å². The molecular weight excluding hydrogens is 274 g/mol. The van der Waals surface area contributed by atoms with Gasteiger partial charge in [0.2, 0.25) is 0 Å². The van der Waals surface area contributed by atoms with Crippen LogP contribution in [-0.2, 0) is 0 Å². The van der Waals surface area contributed by atoms with Crippen LogP contribution in [0.2, 0.25) is 0 Å². The smallest absolute Gasteiger partial charge is 0.277 e. The van der Waals surface area contributed by atoms with Gasteiger partial charge in [0.05, 0.1) is 12.2 Å². The first kappa shape index (κ1) is 13.1. The summed E-state index contributed by atoms with van der Waals surface area (Å²) in [4.78, 5) is 13.2. The number of hydrogen-bond donors (Lipinski definition) is 2. The molecule has 104 valence electrons. The van der Waals surface area contributed by atoms with Crippen LogP contribution in [0.4, 0.5) is 5.69 Å². The van der Waals surface area contributed by atoms with E-state index >= 15 is 0 Å². The summed E-state index contributed by atoms with van der Waals surface area (Å²) in [6.07, 6.45) is 3.71. The number of carbonyl (C=O) groups excluding carboxylic acids is 1. The van der Waals surface area contributed by atoms with Gasteiger partial charge in [0.1, 0.15) is 0 Å². The minimum atomic E-state index is -0.236. The van der Waals surface area contributed by atoms with Crippen molar-refractivity contribution in [2.45, 2.75) is 10.9 Å². The molecule has 0 spiro atoms.